The summed E-state index contributed by atoms with van der Waals surface area (Å²) in [7, 11) is 3.25. The molecule has 1 heterocycles. The second-order valence-electron chi connectivity index (χ2n) is 6.94. The number of anilines is 1. The largest absolute Gasteiger partial charge is 0.497 e. The lowest BCUT2D eigenvalue weighted by Crippen LogP contribution is -2.46. The first kappa shape index (κ1) is 20.6. The quantitative estimate of drug-likeness (QED) is 0.778. The Hall–Kier alpha value is -2.75. The molecule has 1 saturated heterocycles. The van der Waals surface area contributed by atoms with Gasteiger partial charge in [0.1, 0.15) is 12.3 Å². The van der Waals surface area contributed by atoms with Crippen LogP contribution in [-0.2, 0) is 4.79 Å². The van der Waals surface area contributed by atoms with Gasteiger partial charge in [-0.25, -0.2) is 4.79 Å². The zero-order valence-electron chi connectivity index (χ0n) is 16.3. The summed E-state index contributed by atoms with van der Waals surface area (Å²) in [6.07, 6.45) is 2.13. The highest BCUT2D eigenvalue weighted by Crippen LogP contribution is 2.30. The van der Waals surface area contributed by atoms with E-state index in [9.17, 15) is 9.59 Å². The summed E-state index contributed by atoms with van der Waals surface area (Å²) >= 11 is 0. The van der Waals surface area contributed by atoms with Crippen LogP contribution in [0.4, 0.5) is 10.5 Å². The van der Waals surface area contributed by atoms with Gasteiger partial charge >= 0.3 is 6.03 Å². The van der Waals surface area contributed by atoms with Crippen LogP contribution in [0.3, 0.4) is 0 Å². The topological polar surface area (TPSA) is 85.7 Å². The normalized spacial score (nSPS) is 19.1. The molecule has 146 valence electrons. The number of likely N-dealkylation sites (tertiary alicyclic amines) is 1. The monoisotopic (exact) mass is 372 g/mol. The van der Waals surface area contributed by atoms with Gasteiger partial charge in [-0.15, -0.1) is 0 Å². The number of methoxy groups -OCH3 is 1. The van der Waals surface area contributed by atoms with E-state index in [0.717, 1.165) is 12.8 Å². The lowest BCUT2D eigenvalue weighted by molar-refractivity contribution is -0.131. The number of ether oxygens (including phenoxy) is 1. The molecule has 1 aromatic rings. The minimum absolute atomic E-state index is 0.00529. The van der Waals surface area contributed by atoms with Gasteiger partial charge in [0.05, 0.1) is 13.2 Å². The Labute approximate surface area is 160 Å². The number of nitrogens with one attached hydrogen (secondary N) is 1. The number of nitrogens with zero attached hydrogens (tertiary/aromatic N) is 3. The van der Waals surface area contributed by atoms with E-state index < -0.39 is 0 Å². The average molecular weight is 372 g/mol. The Kier molecular flexibility index (Phi) is 7.47. The third kappa shape index (κ3) is 5.61. The van der Waals surface area contributed by atoms with Gasteiger partial charge in [0.2, 0.25) is 5.91 Å². The van der Waals surface area contributed by atoms with E-state index in [1.54, 1.807) is 20.2 Å². The van der Waals surface area contributed by atoms with Crippen molar-refractivity contribution < 1.29 is 14.3 Å². The summed E-state index contributed by atoms with van der Waals surface area (Å²) in [6, 6.07) is 9.14. The second kappa shape index (κ2) is 9.81. The van der Waals surface area contributed by atoms with Crippen LogP contribution < -0.4 is 10.1 Å². The Morgan fingerprint density at radius 3 is 2.85 bits per heavy atom. The van der Waals surface area contributed by atoms with Crippen molar-refractivity contribution in [2.75, 3.05) is 39.1 Å². The van der Waals surface area contributed by atoms with Gasteiger partial charge in [-0.2, -0.15) is 5.26 Å². The summed E-state index contributed by atoms with van der Waals surface area (Å²) in [5.74, 6) is 1.20. The predicted octanol–water partition coefficient (Wildman–Crippen LogP) is 2.95. The highest BCUT2D eigenvalue weighted by molar-refractivity contribution is 5.89. The molecule has 1 aliphatic heterocycles. The molecule has 7 heteroatoms. The lowest BCUT2D eigenvalue weighted by Gasteiger charge is -2.38. The molecule has 0 radical (unpaired) electrons. The van der Waals surface area contributed by atoms with Crippen LogP contribution in [0, 0.1) is 23.2 Å². The molecule has 7 nitrogen and oxygen atoms in total. The molecule has 1 aliphatic rings. The minimum atomic E-state index is -0.131. The predicted molar refractivity (Wildman–Crippen MR) is 103 cm³/mol. The zero-order chi connectivity index (χ0) is 19.8. The molecule has 1 aromatic carbocycles. The van der Waals surface area contributed by atoms with Crippen LogP contribution in [0.25, 0.3) is 0 Å². The summed E-state index contributed by atoms with van der Waals surface area (Å²) in [5, 5.41) is 11.7. The van der Waals surface area contributed by atoms with Gasteiger partial charge in [0.25, 0.3) is 0 Å². The van der Waals surface area contributed by atoms with E-state index in [0.29, 0.717) is 30.9 Å². The van der Waals surface area contributed by atoms with Crippen molar-refractivity contribution in [1.82, 2.24) is 9.80 Å². The van der Waals surface area contributed by atoms with E-state index in [-0.39, 0.29) is 30.3 Å². The molecule has 1 fully saturated rings. The van der Waals surface area contributed by atoms with Crippen LogP contribution in [0.5, 0.6) is 5.75 Å². The molecule has 27 heavy (non-hydrogen) atoms. The van der Waals surface area contributed by atoms with Crippen LogP contribution in [0.2, 0.25) is 0 Å². The third-order valence-corrected chi connectivity index (χ3v) is 5.19. The molecule has 0 bridgehead atoms. The number of hydrogen-bond acceptors (Lipinski definition) is 4. The van der Waals surface area contributed by atoms with Crippen molar-refractivity contribution in [3.8, 4) is 11.8 Å². The number of carbonyl (C=O) groups excluding carboxylic acids is 2. The van der Waals surface area contributed by atoms with E-state index >= 15 is 0 Å². The van der Waals surface area contributed by atoms with Gasteiger partial charge in [0, 0.05) is 38.3 Å². The smallest absolute Gasteiger partial charge is 0.321 e. The van der Waals surface area contributed by atoms with Gasteiger partial charge < -0.3 is 19.9 Å². The standard InChI is InChI=1S/C20H28N4O3/c1-4-15-14-24(10-8-16(15)12-19(25)23(2)11-9-21)20(26)22-17-6-5-7-18(13-17)27-3/h5-7,13,15-16H,4,8,10-12,14H2,1-3H3,(H,22,26)/t15-,16-/m0/s1. The molecule has 0 saturated carbocycles. The maximum Gasteiger partial charge on any atom is 0.321 e. The Morgan fingerprint density at radius 2 is 2.19 bits per heavy atom. The maximum atomic E-state index is 12.6. The number of rotatable bonds is 6. The van der Waals surface area contributed by atoms with Crippen LogP contribution in [0.15, 0.2) is 24.3 Å². The van der Waals surface area contributed by atoms with Crippen LogP contribution in [-0.4, -0.2) is 55.5 Å². The van der Waals surface area contributed by atoms with Crippen LogP contribution in [0.1, 0.15) is 26.2 Å². The minimum Gasteiger partial charge on any atom is -0.497 e. The SMILES string of the molecule is CC[C@H]1CN(C(=O)Nc2cccc(OC)c2)CC[C@H]1CC(=O)N(C)CC#N. The lowest BCUT2D eigenvalue weighted by atomic mass is 9.81. The van der Waals surface area contributed by atoms with Gasteiger partial charge in [-0.05, 0) is 30.4 Å². The van der Waals surface area contributed by atoms with Crippen molar-refractivity contribution >= 4 is 17.6 Å². The van der Waals surface area contributed by atoms with Crippen molar-refractivity contribution in [2.45, 2.75) is 26.2 Å². The number of nitriles is 1. The van der Waals surface area contributed by atoms with Gasteiger partial charge in [0.15, 0.2) is 0 Å². The van der Waals surface area contributed by atoms with Crippen molar-refractivity contribution in [1.29, 1.82) is 5.26 Å². The van der Waals surface area contributed by atoms with E-state index in [4.69, 9.17) is 10.00 Å². The average Bonchev–Trinajstić information content (AvgIpc) is 2.68. The number of amides is 3. The third-order valence-electron chi connectivity index (χ3n) is 5.19. The molecule has 0 aromatic heterocycles. The fraction of sp³-hybridized carbons (Fsp3) is 0.550. The number of piperidine rings is 1. The first-order chi connectivity index (χ1) is 13.0. The molecule has 0 unspecified atom stereocenters. The van der Waals surface area contributed by atoms with Crippen LogP contribution >= 0.6 is 0 Å². The van der Waals surface area contributed by atoms with E-state index in [1.807, 2.05) is 29.2 Å². The molecule has 0 spiro atoms. The first-order valence-electron chi connectivity index (χ1n) is 9.29. The molecule has 0 aliphatic carbocycles. The summed E-state index contributed by atoms with van der Waals surface area (Å²) in [5.41, 5.74) is 0.697. The van der Waals surface area contributed by atoms with Crippen molar-refractivity contribution in [3.05, 3.63) is 24.3 Å². The van der Waals surface area contributed by atoms with E-state index in [1.165, 1.54) is 4.90 Å². The van der Waals surface area contributed by atoms with Crippen molar-refractivity contribution in [3.63, 3.8) is 0 Å². The molecular formula is C20H28N4O3. The summed E-state index contributed by atoms with van der Waals surface area (Å²) in [4.78, 5) is 28.1. The molecule has 3 amide bonds. The molecule has 1 N–H and O–H groups in total. The number of benzene rings is 1. The Morgan fingerprint density at radius 1 is 1.41 bits per heavy atom. The van der Waals surface area contributed by atoms with E-state index in [2.05, 4.69) is 12.2 Å². The summed E-state index contributed by atoms with van der Waals surface area (Å²) in [6.45, 7) is 3.44. The van der Waals surface area contributed by atoms with Crippen molar-refractivity contribution in [2.24, 2.45) is 11.8 Å². The number of hydrogen-bond donors (Lipinski definition) is 1. The number of urea groups is 1. The Bertz CT molecular complexity index is 701. The fourth-order valence-electron chi connectivity index (χ4n) is 3.47. The fourth-order valence-corrected chi connectivity index (χ4v) is 3.47. The maximum absolute atomic E-state index is 12.6. The molecule has 2 rings (SSSR count). The highest BCUT2D eigenvalue weighted by atomic mass is 16.5. The Balaban J connectivity index is 1.93. The number of carbonyl (C=O) groups is 2. The first-order valence-corrected chi connectivity index (χ1v) is 9.29. The highest BCUT2D eigenvalue weighted by Gasteiger charge is 2.32. The van der Waals surface area contributed by atoms with Gasteiger partial charge in [-0.1, -0.05) is 19.4 Å². The zero-order valence-corrected chi connectivity index (χ0v) is 16.3. The molecule has 2 atom stereocenters. The van der Waals surface area contributed by atoms with Gasteiger partial charge in [-0.3, -0.25) is 4.79 Å². The second-order valence-corrected chi connectivity index (χ2v) is 6.94. The molecular weight excluding hydrogens is 344 g/mol. The summed E-state index contributed by atoms with van der Waals surface area (Å²) < 4.78 is 5.18.